The van der Waals surface area contributed by atoms with Crippen molar-refractivity contribution in [3.8, 4) is 0 Å². The van der Waals surface area contributed by atoms with Gasteiger partial charge in [-0.15, -0.1) is 0 Å². The summed E-state index contributed by atoms with van der Waals surface area (Å²) in [7, 11) is 0. The maximum absolute atomic E-state index is 10.3. The molecule has 3 heteroatoms. The first-order valence-corrected chi connectivity index (χ1v) is 7.51. The van der Waals surface area contributed by atoms with Crippen LogP contribution in [0.25, 0.3) is 0 Å². The summed E-state index contributed by atoms with van der Waals surface area (Å²) in [4.78, 5) is 0. The molecule has 0 amide bonds. The Hall–Kier alpha value is -0.830. The third-order valence-electron chi connectivity index (χ3n) is 4.12. The van der Waals surface area contributed by atoms with Gasteiger partial charge < -0.3 is 5.11 Å². The van der Waals surface area contributed by atoms with E-state index in [9.17, 15) is 5.11 Å². The molecule has 0 fully saturated rings. The van der Waals surface area contributed by atoms with Gasteiger partial charge in [-0.1, -0.05) is 34.6 Å². The van der Waals surface area contributed by atoms with E-state index in [4.69, 9.17) is 0 Å². The van der Waals surface area contributed by atoms with E-state index in [-0.39, 0.29) is 11.5 Å². The lowest BCUT2D eigenvalue weighted by molar-refractivity contribution is 0.108. The van der Waals surface area contributed by atoms with Crippen molar-refractivity contribution in [3.05, 3.63) is 17.5 Å². The number of aliphatic hydroxyl groups is 1. The van der Waals surface area contributed by atoms with Crippen molar-refractivity contribution < 1.29 is 5.11 Å². The van der Waals surface area contributed by atoms with Crippen LogP contribution in [0.15, 0.2) is 6.07 Å². The molecule has 0 aliphatic rings. The number of aliphatic hydroxyl groups excluding tert-OH is 1. The summed E-state index contributed by atoms with van der Waals surface area (Å²) in [5.74, 6) is 0.506. The minimum Gasteiger partial charge on any atom is -0.393 e. The molecule has 1 aromatic heterocycles. The predicted octanol–water partition coefficient (Wildman–Crippen LogP) is 3.44. The fraction of sp³-hybridized carbons (Fsp3) is 0.812. The van der Waals surface area contributed by atoms with E-state index < -0.39 is 0 Å². The topological polar surface area (TPSA) is 38.0 Å². The number of hydrogen-bond donors (Lipinski definition) is 1. The van der Waals surface area contributed by atoms with Gasteiger partial charge in [0, 0.05) is 18.7 Å². The van der Waals surface area contributed by atoms with Crippen molar-refractivity contribution in [2.24, 2.45) is 11.3 Å². The Balaban J connectivity index is 2.66. The van der Waals surface area contributed by atoms with E-state index in [0.29, 0.717) is 12.3 Å². The van der Waals surface area contributed by atoms with Crippen LogP contribution in [-0.2, 0) is 19.4 Å². The highest BCUT2D eigenvalue weighted by atomic mass is 16.3. The van der Waals surface area contributed by atoms with E-state index >= 15 is 0 Å². The van der Waals surface area contributed by atoms with Gasteiger partial charge in [0.2, 0.25) is 0 Å². The fourth-order valence-electron chi connectivity index (χ4n) is 2.21. The lowest BCUT2D eigenvalue weighted by Gasteiger charge is -2.29. The zero-order valence-corrected chi connectivity index (χ0v) is 13.4. The first kappa shape index (κ1) is 16.2. The van der Waals surface area contributed by atoms with Crippen LogP contribution in [-0.4, -0.2) is 21.0 Å². The molecular weight excluding hydrogens is 236 g/mol. The zero-order chi connectivity index (χ0) is 14.6. The Morgan fingerprint density at radius 3 is 2.42 bits per heavy atom. The molecular formula is C16H30N2O. The maximum Gasteiger partial charge on any atom is 0.0624 e. The highest BCUT2D eigenvalue weighted by Gasteiger charge is 2.23. The molecule has 1 heterocycles. The van der Waals surface area contributed by atoms with Crippen molar-refractivity contribution in [2.75, 3.05) is 0 Å². The fourth-order valence-corrected chi connectivity index (χ4v) is 2.21. The van der Waals surface area contributed by atoms with Crippen LogP contribution in [0.1, 0.15) is 59.4 Å². The van der Waals surface area contributed by atoms with E-state index in [1.807, 2.05) is 4.68 Å². The second-order valence-corrected chi connectivity index (χ2v) is 6.66. The summed E-state index contributed by atoms with van der Waals surface area (Å²) in [5.41, 5.74) is 2.53. The van der Waals surface area contributed by atoms with Gasteiger partial charge in [-0.3, -0.25) is 4.68 Å². The largest absolute Gasteiger partial charge is 0.393 e. The molecule has 0 radical (unpaired) electrons. The van der Waals surface area contributed by atoms with Gasteiger partial charge in [0.15, 0.2) is 0 Å². The summed E-state index contributed by atoms with van der Waals surface area (Å²) < 4.78 is 2.02. The molecule has 0 aliphatic carbocycles. The van der Waals surface area contributed by atoms with Crippen molar-refractivity contribution in [2.45, 2.75) is 73.5 Å². The molecule has 110 valence electrons. The average molecular weight is 266 g/mol. The lowest BCUT2D eigenvalue weighted by atomic mass is 9.78. The number of aryl methyl sites for hydroxylation is 2. The second-order valence-electron chi connectivity index (χ2n) is 6.66. The summed E-state index contributed by atoms with van der Waals surface area (Å²) in [6, 6.07) is 2.13. The Labute approximate surface area is 118 Å². The molecule has 0 saturated heterocycles. The van der Waals surface area contributed by atoms with Crippen LogP contribution in [0, 0.1) is 11.3 Å². The summed E-state index contributed by atoms with van der Waals surface area (Å²) in [6.07, 6.45) is 2.23. The highest BCUT2D eigenvalue weighted by Crippen LogP contribution is 2.29. The number of aromatic nitrogens is 2. The molecule has 2 unspecified atom stereocenters. The predicted molar refractivity (Wildman–Crippen MR) is 80.2 cm³/mol. The van der Waals surface area contributed by atoms with Crippen LogP contribution in [0.5, 0.6) is 0 Å². The third-order valence-corrected chi connectivity index (χ3v) is 4.12. The van der Waals surface area contributed by atoms with Crippen molar-refractivity contribution in [3.63, 3.8) is 0 Å². The van der Waals surface area contributed by atoms with Crippen molar-refractivity contribution in [1.29, 1.82) is 0 Å². The van der Waals surface area contributed by atoms with Crippen LogP contribution in [0.4, 0.5) is 0 Å². The molecule has 3 nitrogen and oxygen atoms in total. The molecule has 0 saturated carbocycles. The Kier molecular flexibility index (Phi) is 5.60. The first-order chi connectivity index (χ1) is 8.77. The minimum absolute atomic E-state index is 0.251. The monoisotopic (exact) mass is 266 g/mol. The van der Waals surface area contributed by atoms with Gasteiger partial charge in [-0.05, 0) is 37.2 Å². The maximum atomic E-state index is 10.3. The van der Waals surface area contributed by atoms with Gasteiger partial charge in [-0.25, -0.2) is 0 Å². The molecule has 0 aliphatic heterocycles. The van der Waals surface area contributed by atoms with E-state index in [2.05, 4.69) is 52.7 Å². The van der Waals surface area contributed by atoms with Crippen LogP contribution < -0.4 is 0 Å². The normalized spacial score (nSPS) is 15.5. The summed E-state index contributed by atoms with van der Waals surface area (Å²) >= 11 is 0. The highest BCUT2D eigenvalue weighted by molar-refractivity contribution is 5.11. The van der Waals surface area contributed by atoms with Crippen molar-refractivity contribution in [1.82, 2.24) is 9.78 Å². The quantitative estimate of drug-likeness (QED) is 0.856. The zero-order valence-electron chi connectivity index (χ0n) is 13.4. The minimum atomic E-state index is -0.277. The third kappa shape index (κ3) is 4.64. The molecule has 1 rings (SSSR count). The Morgan fingerprint density at radius 1 is 1.32 bits per heavy atom. The van der Waals surface area contributed by atoms with Gasteiger partial charge in [0.25, 0.3) is 0 Å². The van der Waals surface area contributed by atoms with Gasteiger partial charge in [-0.2, -0.15) is 5.10 Å². The van der Waals surface area contributed by atoms with Gasteiger partial charge >= 0.3 is 0 Å². The van der Waals surface area contributed by atoms with E-state index in [1.54, 1.807) is 0 Å². The summed E-state index contributed by atoms with van der Waals surface area (Å²) in [6.45, 7) is 14.0. The number of rotatable bonds is 6. The van der Waals surface area contributed by atoms with E-state index in [0.717, 1.165) is 30.8 Å². The molecule has 1 aromatic rings. The molecule has 0 aromatic carbocycles. The van der Waals surface area contributed by atoms with Crippen LogP contribution >= 0.6 is 0 Å². The first-order valence-electron chi connectivity index (χ1n) is 7.51. The Morgan fingerprint density at radius 2 is 1.95 bits per heavy atom. The number of hydrogen-bond acceptors (Lipinski definition) is 2. The lowest BCUT2D eigenvalue weighted by Crippen LogP contribution is -2.24. The second kappa shape index (κ2) is 6.56. The molecule has 0 spiro atoms. The SMILES string of the molecule is CCc1cc(CC(O)CC(C)C(C)(C)C)n(CC)n1. The molecule has 19 heavy (non-hydrogen) atoms. The molecule has 0 bridgehead atoms. The molecule has 2 atom stereocenters. The summed E-state index contributed by atoms with van der Waals surface area (Å²) in [5, 5.41) is 14.8. The van der Waals surface area contributed by atoms with E-state index in [1.165, 1.54) is 0 Å². The standard InChI is InChI=1S/C16H30N2O/c1-7-13-10-14(18(8-2)17-13)11-15(19)9-12(3)16(4,5)6/h10,12,15,19H,7-9,11H2,1-6H3. The molecule has 1 N–H and O–H groups in total. The van der Waals surface area contributed by atoms with Gasteiger partial charge in [0.1, 0.15) is 0 Å². The smallest absolute Gasteiger partial charge is 0.0624 e. The van der Waals surface area contributed by atoms with Crippen LogP contribution in [0.3, 0.4) is 0 Å². The van der Waals surface area contributed by atoms with Crippen molar-refractivity contribution >= 4 is 0 Å². The Bertz CT molecular complexity index is 390. The number of nitrogens with zero attached hydrogens (tertiary/aromatic N) is 2. The average Bonchev–Trinajstić information content (AvgIpc) is 2.69. The van der Waals surface area contributed by atoms with Gasteiger partial charge in [0.05, 0.1) is 11.8 Å². The van der Waals surface area contributed by atoms with Crippen LogP contribution in [0.2, 0.25) is 0 Å².